The molecule has 29 heavy (non-hydrogen) atoms. The van der Waals surface area contributed by atoms with Crippen molar-refractivity contribution in [3.63, 3.8) is 0 Å². The first-order valence-corrected chi connectivity index (χ1v) is 10.7. The van der Waals surface area contributed by atoms with Crippen LogP contribution in [0.3, 0.4) is 0 Å². The van der Waals surface area contributed by atoms with Gasteiger partial charge in [0.15, 0.2) is 5.65 Å². The minimum atomic E-state index is -2.63. The summed E-state index contributed by atoms with van der Waals surface area (Å²) in [5, 5.41) is 1.83. The Morgan fingerprint density at radius 2 is 2.10 bits per heavy atom. The first-order chi connectivity index (χ1) is 14.2. The fraction of sp³-hybridized carbons (Fsp3) is 0.444. The molecule has 1 fully saturated rings. The number of fused-ring (bicyclic) bond motifs is 3. The summed E-state index contributed by atoms with van der Waals surface area (Å²) in [4.78, 5) is 22.4. The van der Waals surface area contributed by atoms with Crippen LogP contribution in [0.2, 0.25) is 0 Å². The highest BCUT2D eigenvalue weighted by Crippen LogP contribution is 2.31. The maximum atomic E-state index is 10.6. The van der Waals surface area contributed by atoms with Crippen molar-refractivity contribution in [1.82, 2.24) is 30.2 Å². The van der Waals surface area contributed by atoms with Gasteiger partial charge in [-0.05, 0) is 31.2 Å². The molecule has 0 radical (unpaired) electrons. The van der Waals surface area contributed by atoms with Gasteiger partial charge in [-0.2, -0.15) is 9.82 Å². The van der Waals surface area contributed by atoms with E-state index in [1.54, 1.807) is 19.6 Å². The number of hydrogen-bond donors (Lipinski definition) is 3. The maximum Gasteiger partial charge on any atom is 0.215 e. The molecule has 1 atom stereocenters. The molecule has 1 aliphatic rings. The molecule has 0 saturated carbocycles. The number of aromatic nitrogens is 4. The third-order valence-corrected chi connectivity index (χ3v) is 5.54. The minimum Gasteiger partial charge on any atom is -0.481 e. The quantitative estimate of drug-likeness (QED) is 0.304. The third-order valence-electron chi connectivity index (χ3n) is 5.20. The van der Waals surface area contributed by atoms with Crippen LogP contribution in [0.4, 0.5) is 5.82 Å². The van der Waals surface area contributed by atoms with Crippen molar-refractivity contribution in [1.29, 1.82) is 0 Å². The number of hydrogen-bond acceptors (Lipinski definition) is 9. The lowest BCUT2D eigenvalue weighted by Crippen LogP contribution is -2.35. The van der Waals surface area contributed by atoms with Crippen LogP contribution in [0.15, 0.2) is 24.7 Å². The van der Waals surface area contributed by atoms with Gasteiger partial charge in [0.05, 0.1) is 24.2 Å². The van der Waals surface area contributed by atoms with Crippen LogP contribution < -0.4 is 19.9 Å². The average molecular weight is 417 g/mol. The molecule has 10 nitrogen and oxygen atoms in total. The Morgan fingerprint density at radius 1 is 1.21 bits per heavy atom. The predicted octanol–water partition coefficient (Wildman–Crippen LogP) is 0.809. The van der Waals surface area contributed by atoms with Crippen molar-refractivity contribution in [3.8, 4) is 5.88 Å². The monoisotopic (exact) mass is 417 g/mol. The van der Waals surface area contributed by atoms with Crippen molar-refractivity contribution in [2.24, 2.45) is 5.92 Å². The zero-order valence-electron chi connectivity index (χ0n) is 16.0. The van der Waals surface area contributed by atoms with E-state index in [1.807, 2.05) is 12.1 Å². The van der Waals surface area contributed by atoms with Crippen molar-refractivity contribution in [2.45, 2.75) is 19.3 Å². The highest BCUT2D eigenvalue weighted by atomic mass is 32.2. The van der Waals surface area contributed by atoms with E-state index in [0.29, 0.717) is 24.0 Å². The van der Waals surface area contributed by atoms with E-state index in [2.05, 4.69) is 35.1 Å². The average Bonchev–Trinajstić information content (AvgIpc) is 2.98. The number of thiol groups is 1. The lowest BCUT2D eigenvalue weighted by Gasteiger charge is -2.23. The summed E-state index contributed by atoms with van der Waals surface area (Å²) in [6.07, 6.45) is 6.24. The van der Waals surface area contributed by atoms with Crippen LogP contribution in [-0.2, 0) is 10.9 Å². The number of methoxy groups -OCH3 is 1. The number of ether oxygens (including phenoxy) is 1. The van der Waals surface area contributed by atoms with Gasteiger partial charge in [-0.15, -0.1) is 0 Å². The largest absolute Gasteiger partial charge is 0.481 e. The zero-order chi connectivity index (χ0) is 20.2. The van der Waals surface area contributed by atoms with Gasteiger partial charge in [-0.25, -0.2) is 28.8 Å². The van der Waals surface area contributed by atoms with Gasteiger partial charge in [0, 0.05) is 31.1 Å². The molecular weight excluding hydrogens is 394 g/mol. The van der Waals surface area contributed by atoms with E-state index < -0.39 is 10.9 Å². The second-order valence-corrected chi connectivity index (χ2v) is 7.71. The number of pyridine rings is 2. The minimum absolute atomic E-state index is 0.389. The normalized spacial score (nSPS) is 17.7. The summed E-state index contributed by atoms with van der Waals surface area (Å²) >= 11 is 0. The Morgan fingerprint density at radius 3 is 2.93 bits per heavy atom. The zero-order valence-corrected chi connectivity index (χ0v) is 16.9. The molecule has 0 bridgehead atoms. The Labute approximate surface area is 169 Å². The smallest absolute Gasteiger partial charge is 0.215 e. The molecule has 2 N–H and O–H groups in total. The molecule has 1 saturated heterocycles. The lowest BCUT2D eigenvalue weighted by atomic mass is 10.0. The van der Waals surface area contributed by atoms with Crippen LogP contribution in [0, 0.1) is 5.92 Å². The van der Waals surface area contributed by atoms with Gasteiger partial charge in [-0.3, -0.25) is 0 Å². The molecule has 0 aromatic carbocycles. The first-order valence-electron chi connectivity index (χ1n) is 9.48. The third kappa shape index (κ3) is 4.36. The highest BCUT2D eigenvalue weighted by Gasteiger charge is 2.21. The van der Waals surface area contributed by atoms with Crippen LogP contribution in [0.25, 0.3) is 21.9 Å². The van der Waals surface area contributed by atoms with Gasteiger partial charge < -0.3 is 9.64 Å². The van der Waals surface area contributed by atoms with Crippen molar-refractivity contribution in [3.05, 3.63) is 24.7 Å². The number of nitrogens with zero attached hydrogens (tertiary/aromatic N) is 5. The summed E-state index contributed by atoms with van der Waals surface area (Å²) in [5.74, 6) is 1.78. The Hall–Kier alpha value is -2.63. The van der Waals surface area contributed by atoms with E-state index in [9.17, 15) is 8.42 Å². The number of hydrazine groups is 1. The fourth-order valence-corrected chi connectivity index (χ4v) is 4.00. The van der Waals surface area contributed by atoms with Crippen LogP contribution in [0.5, 0.6) is 5.88 Å². The molecule has 0 spiro atoms. The summed E-state index contributed by atoms with van der Waals surface area (Å²) in [6.45, 7) is 2.31. The number of anilines is 1. The summed E-state index contributed by atoms with van der Waals surface area (Å²) in [6, 6.07) is 3.77. The molecule has 4 heterocycles. The number of nitrogens with one attached hydrogen (secondary N) is 2. The summed E-state index contributed by atoms with van der Waals surface area (Å²) < 4.78 is 26.5. The molecule has 4 rings (SSSR count). The standard InChI is InChI=1S/C18H23N7O3S/c1-28-15-5-4-13-16-14(10-19-17(13)23-15)20-11-21-18(16)25-7-2-3-12(6-8-25)9-22-24-29(26)27/h4-5,10-12,22,29H,2-3,6-9H2,1H3,(H,24,26,27). The molecular formula is C18H23N7O3S. The molecule has 154 valence electrons. The molecule has 1 aliphatic heterocycles. The number of rotatable bonds is 6. The Balaban J connectivity index is 1.62. The van der Waals surface area contributed by atoms with Crippen LogP contribution >= 0.6 is 0 Å². The topological polar surface area (TPSA) is 122 Å². The maximum absolute atomic E-state index is 10.6. The van der Waals surface area contributed by atoms with Gasteiger partial charge in [-0.1, -0.05) is 0 Å². The lowest BCUT2D eigenvalue weighted by molar-refractivity contribution is 0.399. The van der Waals surface area contributed by atoms with E-state index in [-0.39, 0.29) is 0 Å². The van der Waals surface area contributed by atoms with E-state index in [0.717, 1.165) is 54.5 Å². The van der Waals surface area contributed by atoms with Gasteiger partial charge >= 0.3 is 0 Å². The SMILES string of the molecule is COc1ccc2c(ncc3ncnc(N4CCCC(CNN[SH](=O)=O)CC4)c32)n1. The summed E-state index contributed by atoms with van der Waals surface area (Å²) in [5.41, 5.74) is 4.16. The first kappa shape index (κ1) is 19.7. The molecule has 11 heteroatoms. The van der Waals surface area contributed by atoms with E-state index in [4.69, 9.17) is 4.74 Å². The van der Waals surface area contributed by atoms with Crippen molar-refractivity contribution in [2.75, 3.05) is 31.6 Å². The van der Waals surface area contributed by atoms with E-state index in [1.165, 1.54) is 0 Å². The predicted molar refractivity (Wildman–Crippen MR) is 110 cm³/mol. The Bertz CT molecular complexity index is 1080. The molecule has 0 aliphatic carbocycles. The molecule has 3 aromatic heterocycles. The molecule has 1 unspecified atom stereocenters. The molecule has 0 amide bonds. The molecule has 3 aromatic rings. The Kier molecular flexibility index (Phi) is 5.97. The fourth-order valence-electron chi connectivity index (χ4n) is 3.78. The van der Waals surface area contributed by atoms with Crippen LogP contribution in [0.1, 0.15) is 19.3 Å². The second-order valence-electron chi connectivity index (χ2n) is 6.97. The second kappa shape index (κ2) is 8.80. The summed E-state index contributed by atoms with van der Waals surface area (Å²) in [7, 11) is -1.05. The highest BCUT2D eigenvalue weighted by molar-refractivity contribution is 7.70. The van der Waals surface area contributed by atoms with Gasteiger partial charge in [0.2, 0.25) is 16.8 Å². The van der Waals surface area contributed by atoms with Crippen LogP contribution in [-0.4, -0.2) is 55.1 Å². The van der Waals surface area contributed by atoms with Gasteiger partial charge in [0.25, 0.3) is 0 Å². The van der Waals surface area contributed by atoms with Crippen molar-refractivity contribution >= 4 is 38.6 Å². The van der Waals surface area contributed by atoms with Gasteiger partial charge in [0.1, 0.15) is 12.1 Å². The van der Waals surface area contributed by atoms with E-state index >= 15 is 0 Å². The van der Waals surface area contributed by atoms with Crippen molar-refractivity contribution < 1.29 is 13.2 Å².